The van der Waals surface area contributed by atoms with Gasteiger partial charge in [0.05, 0.1) is 16.8 Å². The minimum absolute atomic E-state index is 0.478. The van der Waals surface area contributed by atoms with Crippen LogP contribution in [0.15, 0.2) is 59.1 Å². The number of hydrogen-bond acceptors (Lipinski definition) is 5. The molecular formula is C18H16N6S2. The number of para-hydroxylation sites is 1. The van der Waals surface area contributed by atoms with Crippen LogP contribution >= 0.6 is 23.6 Å². The summed E-state index contributed by atoms with van der Waals surface area (Å²) in [5.74, 6) is 0.791. The third kappa shape index (κ3) is 3.16. The third-order valence-electron chi connectivity index (χ3n) is 3.86. The van der Waals surface area contributed by atoms with Crippen molar-refractivity contribution in [1.82, 2.24) is 24.7 Å². The summed E-state index contributed by atoms with van der Waals surface area (Å²) in [4.78, 5) is 1.09. The first kappa shape index (κ1) is 16.6. The van der Waals surface area contributed by atoms with Crippen molar-refractivity contribution in [1.29, 1.82) is 0 Å². The van der Waals surface area contributed by atoms with Crippen molar-refractivity contribution < 1.29 is 0 Å². The van der Waals surface area contributed by atoms with Crippen molar-refractivity contribution in [3.63, 3.8) is 0 Å². The number of H-pyrrole nitrogens is 1. The molecule has 0 radical (unpaired) electrons. The monoisotopic (exact) mass is 380 g/mol. The second-order valence-corrected chi connectivity index (χ2v) is 6.88. The van der Waals surface area contributed by atoms with E-state index in [9.17, 15) is 0 Å². The number of nitrogens with one attached hydrogen (secondary N) is 1. The molecule has 0 bridgehead atoms. The summed E-state index contributed by atoms with van der Waals surface area (Å²) in [6.07, 6.45) is 4.50. The molecule has 8 heteroatoms. The zero-order valence-electron chi connectivity index (χ0n) is 14.0. The van der Waals surface area contributed by atoms with E-state index in [0.29, 0.717) is 4.77 Å². The van der Waals surface area contributed by atoms with Gasteiger partial charge >= 0.3 is 0 Å². The minimum atomic E-state index is 0.478. The third-order valence-corrected chi connectivity index (χ3v) is 5.00. The molecule has 0 atom stereocenters. The first-order chi connectivity index (χ1) is 12.8. The topological polar surface area (TPSA) is 63.8 Å². The molecule has 3 aromatic heterocycles. The van der Waals surface area contributed by atoms with Crippen LogP contribution in [0.3, 0.4) is 0 Å². The van der Waals surface area contributed by atoms with Gasteiger partial charge in [0.25, 0.3) is 0 Å². The molecule has 1 aromatic carbocycles. The van der Waals surface area contributed by atoms with Gasteiger partial charge in [-0.15, -0.1) is 11.3 Å². The van der Waals surface area contributed by atoms with Crippen LogP contribution in [0.5, 0.6) is 0 Å². The van der Waals surface area contributed by atoms with E-state index in [1.54, 1.807) is 22.2 Å². The maximum absolute atomic E-state index is 5.26. The van der Waals surface area contributed by atoms with Crippen molar-refractivity contribution in [3.8, 4) is 16.3 Å². The Bertz CT molecular complexity index is 1090. The quantitative estimate of drug-likeness (QED) is 0.415. The SMILES string of the molecule is CCc1n[nH]c(=S)n1/N=C\c1cn(-c2ccccc2)nc1-c1cccs1. The van der Waals surface area contributed by atoms with E-state index < -0.39 is 0 Å². The lowest BCUT2D eigenvalue weighted by molar-refractivity contribution is 0.780. The fraction of sp³-hybridized carbons (Fsp3) is 0.111. The average Bonchev–Trinajstić information content (AvgIpc) is 3.40. The van der Waals surface area contributed by atoms with E-state index >= 15 is 0 Å². The highest BCUT2D eigenvalue weighted by Gasteiger charge is 2.12. The fourth-order valence-electron chi connectivity index (χ4n) is 2.59. The molecule has 1 N–H and O–H groups in total. The lowest BCUT2D eigenvalue weighted by Crippen LogP contribution is -1.97. The predicted molar refractivity (Wildman–Crippen MR) is 107 cm³/mol. The van der Waals surface area contributed by atoms with Crippen LogP contribution in [0.25, 0.3) is 16.3 Å². The van der Waals surface area contributed by atoms with Crippen molar-refractivity contribution in [2.24, 2.45) is 5.10 Å². The smallest absolute Gasteiger partial charge is 0.216 e. The van der Waals surface area contributed by atoms with Crippen molar-refractivity contribution in [3.05, 3.63) is 70.2 Å². The Kier molecular flexibility index (Phi) is 4.59. The molecule has 0 aliphatic rings. The van der Waals surface area contributed by atoms with Crippen LogP contribution in [0.1, 0.15) is 18.3 Å². The molecule has 0 saturated carbocycles. The second-order valence-electron chi connectivity index (χ2n) is 5.55. The molecule has 130 valence electrons. The molecule has 0 aliphatic carbocycles. The van der Waals surface area contributed by atoms with Crippen LogP contribution in [-0.2, 0) is 6.42 Å². The van der Waals surface area contributed by atoms with Gasteiger partial charge in [0.2, 0.25) is 4.77 Å². The van der Waals surface area contributed by atoms with Crippen molar-refractivity contribution in [2.75, 3.05) is 0 Å². The number of aromatic amines is 1. The molecule has 0 saturated heterocycles. The number of nitrogens with zero attached hydrogens (tertiary/aromatic N) is 5. The van der Waals surface area contributed by atoms with E-state index in [1.165, 1.54) is 0 Å². The van der Waals surface area contributed by atoms with E-state index in [4.69, 9.17) is 17.3 Å². The molecule has 4 rings (SSSR count). The van der Waals surface area contributed by atoms with Crippen LogP contribution < -0.4 is 0 Å². The molecule has 3 heterocycles. The fourth-order valence-corrected chi connectivity index (χ4v) is 3.52. The Morgan fingerprint density at radius 1 is 1.23 bits per heavy atom. The van der Waals surface area contributed by atoms with Gasteiger partial charge in [-0.3, -0.25) is 5.10 Å². The Labute approximate surface area is 159 Å². The van der Waals surface area contributed by atoms with Crippen molar-refractivity contribution in [2.45, 2.75) is 13.3 Å². The Balaban J connectivity index is 1.79. The Morgan fingerprint density at radius 3 is 2.81 bits per heavy atom. The first-order valence-electron chi connectivity index (χ1n) is 8.16. The highest BCUT2D eigenvalue weighted by molar-refractivity contribution is 7.71. The summed E-state index contributed by atoms with van der Waals surface area (Å²) in [6, 6.07) is 14.1. The van der Waals surface area contributed by atoms with Crippen molar-refractivity contribution >= 4 is 29.8 Å². The van der Waals surface area contributed by atoms with Gasteiger partial charge < -0.3 is 0 Å². The molecule has 0 spiro atoms. The summed E-state index contributed by atoms with van der Waals surface area (Å²) < 4.78 is 3.99. The predicted octanol–water partition coefficient (Wildman–Crippen LogP) is 4.30. The minimum Gasteiger partial charge on any atom is -0.250 e. The first-order valence-corrected chi connectivity index (χ1v) is 9.44. The van der Waals surface area contributed by atoms with E-state index in [2.05, 4.69) is 21.4 Å². The Hall–Kier alpha value is -2.84. The lowest BCUT2D eigenvalue weighted by atomic mass is 10.2. The summed E-state index contributed by atoms with van der Waals surface area (Å²) in [6.45, 7) is 2.02. The van der Waals surface area contributed by atoms with E-state index in [-0.39, 0.29) is 0 Å². The number of benzene rings is 1. The molecule has 6 nitrogen and oxygen atoms in total. The number of rotatable bonds is 5. The standard InChI is InChI=1S/C18H16N6S2/c1-2-16-20-21-18(25)24(16)19-11-13-12-23(14-7-4-3-5-8-14)22-17(13)15-9-6-10-26-15/h3-12H,2H2,1H3,(H,21,25)/b19-11-. The normalized spacial score (nSPS) is 11.4. The van der Waals surface area contributed by atoms with E-state index in [0.717, 1.165) is 34.1 Å². The molecule has 0 fully saturated rings. The van der Waals surface area contributed by atoms with Gasteiger partial charge in [0.1, 0.15) is 5.69 Å². The number of aromatic nitrogens is 5. The zero-order chi connectivity index (χ0) is 17.9. The van der Waals surface area contributed by atoms with Gasteiger partial charge in [-0.05, 0) is 35.8 Å². The molecular weight excluding hydrogens is 364 g/mol. The number of thiophene rings is 1. The highest BCUT2D eigenvalue weighted by atomic mass is 32.1. The summed E-state index contributed by atoms with van der Waals surface area (Å²) in [5, 5.41) is 18.3. The lowest BCUT2D eigenvalue weighted by Gasteiger charge is -1.98. The van der Waals surface area contributed by atoms with Gasteiger partial charge in [-0.1, -0.05) is 31.2 Å². The van der Waals surface area contributed by atoms with Gasteiger partial charge in [0, 0.05) is 18.2 Å². The largest absolute Gasteiger partial charge is 0.250 e. The summed E-state index contributed by atoms with van der Waals surface area (Å²) in [7, 11) is 0. The summed E-state index contributed by atoms with van der Waals surface area (Å²) >= 11 is 6.91. The molecule has 26 heavy (non-hydrogen) atoms. The number of aryl methyl sites for hydroxylation is 1. The zero-order valence-corrected chi connectivity index (χ0v) is 15.7. The van der Waals surface area contributed by atoms with Crippen LogP contribution in [0.2, 0.25) is 0 Å². The number of hydrogen-bond donors (Lipinski definition) is 1. The van der Waals surface area contributed by atoms with Crippen LogP contribution in [0.4, 0.5) is 0 Å². The molecule has 0 unspecified atom stereocenters. The van der Waals surface area contributed by atoms with E-state index in [1.807, 2.05) is 59.6 Å². The van der Waals surface area contributed by atoms with Gasteiger partial charge in [-0.2, -0.15) is 20.0 Å². The summed E-state index contributed by atoms with van der Waals surface area (Å²) in [5.41, 5.74) is 2.81. The maximum Gasteiger partial charge on any atom is 0.216 e. The molecule has 0 amide bonds. The molecule has 0 aliphatic heterocycles. The second kappa shape index (κ2) is 7.19. The maximum atomic E-state index is 5.26. The van der Waals surface area contributed by atoms with Gasteiger partial charge in [-0.25, -0.2) is 4.68 Å². The van der Waals surface area contributed by atoms with Crippen LogP contribution in [-0.4, -0.2) is 30.9 Å². The van der Waals surface area contributed by atoms with Crippen LogP contribution in [0, 0.1) is 4.77 Å². The van der Waals surface area contributed by atoms with Gasteiger partial charge in [0.15, 0.2) is 5.82 Å². The molecule has 4 aromatic rings. The highest BCUT2D eigenvalue weighted by Crippen LogP contribution is 2.26. The Morgan fingerprint density at radius 2 is 2.08 bits per heavy atom. The average molecular weight is 381 g/mol.